The number of hydrogen-bond acceptors (Lipinski definition) is 4. The van der Waals surface area contributed by atoms with E-state index in [0.717, 1.165) is 31.2 Å². The first-order valence-electron chi connectivity index (χ1n) is 10.9. The molecule has 2 aliphatic rings. The molecule has 2 aliphatic heterocycles. The van der Waals surface area contributed by atoms with E-state index in [-0.39, 0.29) is 17.4 Å². The molecule has 2 heterocycles. The molecule has 0 bridgehead atoms. The highest BCUT2D eigenvalue weighted by Crippen LogP contribution is 2.43. The van der Waals surface area contributed by atoms with Crippen LogP contribution < -0.4 is 4.90 Å². The molecule has 2 amide bonds. The van der Waals surface area contributed by atoms with Crippen LogP contribution in [0.2, 0.25) is 10.0 Å². The number of benzene rings is 2. The molecule has 2 fully saturated rings. The van der Waals surface area contributed by atoms with Crippen molar-refractivity contribution in [2.75, 3.05) is 18.0 Å². The summed E-state index contributed by atoms with van der Waals surface area (Å²) in [7, 11) is 0. The van der Waals surface area contributed by atoms with Crippen LogP contribution in [-0.2, 0) is 16.0 Å². The molecule has 8 heteroatoms. The molecule has 170 valence electrons. The Bertz CT molecular complexity index is 1120. The first kappa shape index (κ1) is 23.7. The van der Waals surface area contributed by atoms with Crippen LogP contribution in [0.4, 0.5) is 5.69 Å². The van der Waals surface area contributed by atoms with Gasteiger partial charge in [-0.1, -0.05) is 78.1 Å². The fraction of sp³-hybridized carbons (Fsp3) is 0.320. The van der Waals surface area contributed by atoms with Gasteiger partial charge in [-0.05, 0) is 43.0 Å². The number of anilines is 1. The monoisotopic (exact) mass is 499 g/mol. The van der Waals surface area contributed by atoms with Crippen molar-refractivity contribution in [1.82, 2.24) is 4.90 Å². The number of thioether (sulfide) groups is 1. The minimum Gasteiger partial charge on any atom is -0.338 e. The summed E-state index contributed by atoms with van der Waals surface area (Å²) in [6, 6.07) is 16.6. The maximum atomic E-state index is 13.6. The lowest BCUT2D eigenvalue weighted by molar-refractivity contribution is -0.126. The van der Waals surface area contributed by atoms with E-state index in [4.69, 9.17) is 23.2 Å². The number of carbonyl (C=O) groups is 2. The van der Waals surface area contributed by atoms with Crippen LogP contribution in [0.15, 0.2) is 59.1 Å². The fourth-order valence-corrected chi connectivity index (χ4v) is 5.82. The van der Waals surface area contributed by atoms with Crippen molar-refractivity contribution in [2.24, 2.45) is 0 Å². The fourth-order valence-electron chi connectivity index (χ4n) is 4.13. The van der Waals surface area contributed by atoms with E-state index in [2.05, 4.69) is 6.07 Å². The zero-order valence-electron chi connectivity index (χ0n) is 18.0. The lowest BCUT2D eigenvalue weighted by Crippen LogP contribution is -2.35. The molecule has 4 rings (SSSR count). The van der Waals surface area contributed by atoms with Gasteiger partial charge in [0.15, 0.2) is 0 Å². The SMILES string of the molecule is N#C/C(C(=O)N1CCCCCC1)=C1/SC(Cc2cccc(Cl)c2Cl)C(=O)N1c1ccccc1. The number of nitriles is 1. The highest BCUT2D eigenvalue weighted by molar-refractivity contribution is 8.05. The summed E-state index contributed by atoms with van der Waals surface area (Å²) in [5, 5.41) is 10.7. The number of amides is 2. The standard InChI is InChI=1S/C25H23Cl2N3O2S/c26-20-12-8-9-17(22(20)27)15-21-24(32)30(18-10-4-3-5-11-18)25(33-21)19(16-28)23(31)29-13-6-1-2-7-14-29/h3-5,8-12,21H,1-2,6-7,13-15H2/b25-19-. The molecule has 0 saturated carbocycles. The van der Waals surface area contributed by atoms with Gasteiger partial charge in [-0.25, -0.2) is 0 Å². The summed E-state index contributed by atoms with van der Waals surface area (Å²) in [6.45, 7) is 1.26. The first-order chi connectivity index (χ1) is 16.0. The number of halogens is 2. The number of likely N-dealkylation sites (tertiary alicyclic amines) is 1. The molecule has 33 heavy (non-hydrogen) atoms. The molecular formula is C25H23Cl2N3O2S. The molecule has 2 aromatic carbocycles. The number of carbonyl (C=O) groups excluding carboxylic acids is 2. The van der Waals surface area contributed by atoms with E-state index in [1.54, 1.807) is 29.2 Å². The third-order valence-corrected chi connectivity index (χ3v) is 7.96. The summed E-state index contributed by atoms with van der Waals surface area (Å²) < 4.78 is 0. The Morgan fingerprint density at radius 2 is 1.73 bits per heavy atom. The van der Waals surface area contributed by atoms with E-state index in [0.29, 0.717) is 40.3 Å². The van der Waals surface area contributed by atoms with Gasteiger partial charge in [0.1, 0.15) is 16.7 Å². The van der Waals surface area contributed by atoms with Gasteiger partial charge in [-0.3, -0.25) is 14.5 Å². The molecule has 0 radical (unpaired) electrons. The third kappa shape index (κ3) is 5.06. The van der Waals surface area contributed by atoms with Crippen LogP contribution >= 0.6 is 35.0 Å². The normalized spacial score (nSPS) is 20.4. The predicted molar refractivity (Wildman–Crippen MR) is 133 cm³/mol. The molecule has 2 aromatic rings. The van der Waals surface area contributed by atoms with Gasteiger partial charge < -0.3 is 4.90 Å². The molecule has 0 N–H and O–H groups in total. The maximum absolute atomic E-state index is 13.6. The maximum Gasteiger partial charge on any atom is 0.267 e. The number of nitrogens with zero attached hydrogens (tertiary/aromatic N) is 3. The largest absolute Gasteiger partial charge is 0.338 e. The van der Waals surface area contributed by atoms with Gasteiger partial charge in [-0.15, -0.1) is 0 Å². The molecule has 0 aromatic heterocycles. The molecule has 0 aliphatic carbocycles. The Labute approximate surface area is 207 Å². The Kier molecular flexibility index (Phi) is 7.64. The molecule has 0 spiro atoms. The summed E-state index contributed by atoms with van der Waals surface area (Å²) in [5.41, 5.74) is 1.39. The smallest absolute Gasteiger partial charge is 0.267 e. The zero-order valence-corrected chi connectivity index (χ0v) is 20.3. The van der Waals surface area contributed by atoms with Crippen molar-refractivity contribution in [3.8, 4) is 6.07 Å². The first-order valence-corrected chi connectivity index (χ1v) is 12.6. The van der Waals surface area contributed by atoms with E-state index in [1.165, 1.54) is 16.7 Å². The Morgan fingerprint density at radius 1 is 1.03 bits per heavy atom. The van der Waals surface area contributed by atoms with Crippen molar-refractivity contribution in [1.29, 1.82) is 5.26 Å². The summed E-state index contributed by atoms with van der Waals surface area (Å²) in [4.78, 5) is 30.2. The van der Waals surface area contributed by atoms with Crippen molar-refractivity contribution < 1.29 is 9.59 Å². The third-order valence-electron chi connectivity index (χ3n) is 5.84. The van der Waals surface area contributed by atoms with Crippen LogP contribution in [0, 0.1) is 11.3 Å². The Hall–Kier alpha value is -2.46. The van der Waals surface area contributed by atoms with Crippen LogP contribution in [0.5, 0.6) is 0 Å². The zero-order chi connectivity index (χ0) is 23.4. The number of para-hydroxylation sites is 1. The molecule has 1 atom stereocenters. The molecule has 5 nitrogen and oxygen atoms in total. The lowest BCUT2D eigenvalue weighted by Gasteiger charge is -2.23. The van der Waals surface area contributed by atoms with Crippen LogP contribution in [0.1, 0.15) is 31.2 Å². The molecule has 2 saturated heterocycles. The van der Waals surface area contributed by atoms with Crippen LogP contribution in [0.3, 0.4) is 0 Å². The average Bonchev–Trinajstić information content (AvgIpc) is 2.98. The highest BCUT2D eigenvalue weighted by atomic mass is 35.5. The summed E-state index contributed by atoms with van der Waals surface area (Å²) in [5.74, 6) is -0.495. The minimum absolute atomic E-state index is 0.0128. The van der Waals surface area contributed by atoms with Gasteiger partial charge in [0.25, 0.3) is 5.91 Å². The highest BCUT2D eigenvalue weighted by Gasteiger charge is 2.41. The topological polar surface area (TPSA) is 64.4 Å². The number of hydrogen-bond donors (Lipinski definition) is 0. The van der Waals surface area contributed by atoms with Gasteiger partial charge in [-0.2, -0.15) is 5.26 Å². The van der Waals surface area contributed by atoms with E-state index in [9.17, 15) is 14.9 Å². The van der Waals surface area contributed by atoms with E-state index in [1.807, 2.05) is 24.3 Å². The second kappa shape index (κ2) is 10.6. The number of rotatable bonds is 4. The van der Waals surface area contributed by atoms with Crippen LogP contribution in [-0.4, -0.2) is 35.1 Å². The van der Waals surface area contributed by atoms with Gasteiger partial charge in [0.2, 0.25) is 5.91 Å². The van der Waals surface area contributed by atoms with Crippen molar-refractivity contribution in [3.63, 3.8) is 0 Å². The van der Waals surface area contributed by atoms with Gasteiger partial charge in [0, 0.05) is 18.8 Å². The Morgan fingerprint density at radius 3 is 2.39 bits per heavy atom. The second-order valence-corrected chi connectivity index (χ2v) is 10.0. The Balaban J connectivity index is 1.73. The summed E-state index contributed by atoms with van der Waals surface area (Å²) in [6.07, 6.45) is 4.34. The second-order valence-electron chi connectivity index (χ2n) is 8.03. The van der Waals surface area contributed by atoms with Crippen molar-refractivity contribution in [3.05, 3.63) is 74.7 Å². The van der Waals surface area contributed by atoms with Crippen LogP contribution in [0.25, 0.3) is 0 Å². The lowest BCUT2D eigenvalue weighted by atomic mass is 10.1. The van der Waals surface area contributed by atoms with Gasteiger partial charge >= 0.3 is 0 Å². The van der Waals surface area contributed by atoms with Crippen molar-refractivity contribution >= 4 is 52.5 Å². The van der Waals surface area contributed by atoms with E-state index < -0.39 is 5.25 Å². The van der Waals surface area contributed by atoms with E-state index >= 15 is 0 Å². The molecule has 1 unspecified atom stereocenters. The van der Waals surface area contributed by atoms with Gasteiger partial charge in [0.05, 0.1) is 15.3 Å². The van der Waals surface area contributed by atoms with Crippen molar-refractivity contribution in [2.45, 2.75) is 37.4 Å². The minimum atomic E-state index is -0.531. The predicted octanol–water partition coefficient (Wildman–Crippen LogP) is 5.82. The molecular weight excluding hydrogens is 477 g/mol. The quantitative estimate of drug-likeness (QED) is 0.392. The average molecular weight is 500 g/mol. The summed E-state index contributed by atoms with van der Waals surface area (Å²) >= 11 is 13.8.